The molecule has 0 bridgehead atoms. The Morgan fingerprint density at radius 3 is 2.43 bits per heavy atom. The average molecular weight is 402 g/mol. The second kappa shape index (κ2) is 8.00. The third-order valence-electron chi connectivity index (χ3n) is 4.27. The molecule has 0 amide bonds. The molecule has 4 rings (SSSR count). The van der Waals surface area contributed by atoms with E-state index in [0.29, 0.717) is 22.8 Å². The fourth-order valence-corrected chi connectivity index (χ4v) is 2.83. The fourth-order valence-electron chi connectivity index (χ4n) is 2.83. The van der Waals surface area contributed by atoms with Crippen LogP contribution in [-0.2, 0) is 11.3 Å². The van der Waals surface area contributed by atoms with E-state index in [4.69, 9.17) is 20.6 Å². The van der Waals surface area contributed by atoms with Gasteiger partial charge in [0.15, 0.2) is 18.2 Å². The van der Waals surface area contributed by atoms with Crippen LogP contribution in [0, 0.1) is 6.92 Å². The van der Waals surface area contributed by atoms with E-state index < -0.39 is 5.97 Å². The number of aryl methyl sites for hydroxylation is 1. The number of nitrogens with two attached hydrogens (primary N) is 2. The van der Waals surface area contributed by atoms with Crippen LogP contribution >= 0.6 is 0 Å². The van der Waals surface area contributed by atoms with Gasteiger partial charge in [-0.05, 0) is 19.1 Å². The van der Waals surface area contributed by atoms with E-state index in [1.54, 1.807) is 30.5 Å². The number of carbonyl (C=O) groups is 1. The summed E-state index contributed by atoms with van der Waals surface area (Å²) in [5, 5.41) is 0. The molecule has 0 aliphatic rings. The molecule has 0 saturated carbocycles. The summed E-state index contributed by atoms with van der Waals surface area (Å²) in [7, 11) is 0. The van der Waals surface area contributed by atoms with Crippen LogP contribution in [0.1, 0.15) is 21.7 Å². The van der Waals surface area contributed by atoms with Gasteiger partial charge in [0.2, 0.25) is 17.8 Å². The summed E-state index contributed by atoms with van der Waals surface area (Å²) in [6.07, 6.45) is 1.62. The standard InChI is InChI=1S/C21H18N6O3/c1-12-6-8-13(9-7-12)16-10-24-18(30-16)14-4-2-3-5-15(14)19(28)29-11-17-25-20(22)27-21(23)26-17/h2-10H,11H2,1H3,(H4,22,23,25,26,27). The van der Waals surface area contributed by atoms with E-state index >= 15 is 0 Å². The SMILES string of the molecule is Cc1ccc(-c2cnc(-c3ccccc3C(=O)OCc3nc(N)nc(N)n3)o2)cc1. The minimum atomic E-state index is -0.585. The second-order valence-electron chi connectivity index (χ2n) is 6.49. The summed E-state index contributed by atoms with van der Waals surface area (Å²) in [4.78, 5) is 28.5. The number of nitrogens with zero attached hydrogens (tertiary/aromatic N) is 4. The Hall–Kier alpha value is -4.27. The molecule has 150 valence electrons. The van der Waals surface area contributed by atoms with Gasteiger partial charge < -0.3 is 20.6 Å². The summed E-state index contributed by atoms with van der Waals surface area (Å²) < 4.78 is 11.2. The van der Waals surface area contributed by atoms with Crippen molar-refractivity contribution in [2.45, 2.75) is 13.5 Å². The van der Waals surface area contributed by atoms with Crippen molar-refractivity contribution in [3.05, 3.63) is 71.7 Å². The Bertz CT molecular complexity index is 1180. The van der Waals surface area contributed by atoms with Crippen molar-refractivity contribution in [2.24, 2.45) is 0 Å². The van der Waals surface area contributed by atoms with Crippen LogP contribution in [-0.4, -0.2) is 25.9 Å². The van der Waals surface area contributed by atoms with Crippen molar-refractivity contribution in [1.82, 2.24) is 19.9 Å². The molecule has 0 spiro atoms. The summed E-state index contributed by atoms with van der Waals surface area (Å²) in [5.74, 6) is 0.396. The van der Waals surface area contributed by atoms with Crippen LogP contribution in [0.2, 0.25) is 0 Å². The summed E-state index contributed by atoms with van der Waals surface area (Å²) in [5.41, 5.74) is 13.9. The maximum Gasteiger partial charge on any atom is 0.339 e. The third kappa shape index (κ3) is 4.09. The van der Waals surface area contributed by atoms with E-state index in [2.05, 4.69) is 19.9 Å². The number of ether oxygens (including phenoxy) is 1. The van der Waals surface area contributed by atoms with Gasteiger partial charge in [-0.1, -0.05) is 42.0 Å². The maximum absolute atomic E-state index is 12.7. The Balaban J connectivity index is 1.56. The lowest BCUT2D eigenvalue weighted by atomic mass is 10.1. The molecular weight excluding hydrogens is 384 g/mol. The fraction of sp³-hybridized carbons (Fsp3) is 0.0952. The van der Waals surface area contributed by atoms with Crippen molar-refractivity contribution in [1.29, 1.82) is 0 Å². The quantitative estimate of drug-likeness (QED) is 0.481. The number of oxazole rings is 1. The normalized spacial score (nSPS) is 10.7. The molecule has 0 atom stereocenters. The molecule has 2 aromatic carbocycles. The number of aromatic nitrogens is 4. The van der Waals surface area contributed by atoms with Crippen molar-refractivity contribution >= 4 is 17.9 Å². The average Bonchev–Trinajstić information content (AvgIpc) is 3.22. The zero-order valence-electron chi connectivity index (χ0n) is 16.1. The molecular formula is C21H18N6O3. The van der Waals surface area contributed by atoms with E-state index in [1.807, 2.05) is 31.2 Å². The highest BCUT2D eigenvalue weighted by atomic mass is 16.5. The monoisotopic (exact) mass is 402 g/mol. The zero-order valence-corrected chi connectivity index (χ0v) is 16.1. The van der Waals surface area contributed by atoms with Gasteiger partial charge in [0.1, 0.15) is 0 Å². The van der Waals surface area contributed by atoms with Gasteiger partial charge in [0.25, 0.3) is 0 Å². The lowest BCUT2D eigenvalue weighted by Gasteiger charge is -2.07. The van der Waals surface area contributed by atoms with Crippen LogP contribution in [0.3, 0.4) is 0 Å². The molecule has 0 fully saturated rings. The van der Waals surface area contributed by atoms with Gasteiger partial charge in [-0.2, -0.15) is 15.0 Å². The molecule has 4 aromatic rings. The van der Waals surface area contributed by atoms with Crippen LogP contribution in [0.5, 0.6) is 0 Å². The first-order valence-electron chi connectivity index (χ1n) is 9.05. The van der Waals surface area contributed by atoms with Crippen LogP contribution in [0.4, 0.5) is 11.9 Å². The van der Waals surface area contributed by atoms with Crippen molar-refractivity contribution in [2.75, 3.05) is 11.5 Å². The van der Waals surface area contributed by atoms with Gasteiger partial charge in [0.05, 0.1) is 17.3 Å². The molecule has 9 heteroatoms. The molecule has 0 aliphatic carbocycles. The highest BCUT2D eigenvalue weighted by molar-refractivity contribution is 5.96. The first-order valence-corrected chi connectivity index (χ1v) is 9.05. The molecule has 2 heterocycles. The molecule has 0 radical (unpaired) electrons. The van der Waals surface area contributed by atoms with E-state index in [9.17, 15) is 4.79 Å². The van der Waals surface area contributed by atoms with Crippen molar-refractivity contribution in [3.8, 4) is 22.8 Å². The van der Waals surface area contributed by atoms with Crippen LogP contribution in [0.15, 0.2) is 59.1 Å². The largest absolute Gasteiger partial charge is 0.454 e. The molecule has 4 N–H and O–H groups in total. The number of hydrogen-bond donors (Lipinski definition) is 2. The second-order valence-corrected chi connectivity index (χ2v) is 6.49. The minimum absolute atomic E-state index is 0.0441. The number of rotatable bonds is 5. The van der Waals surface area contributed by atoms with Gasteiger partial charge in [-0.3, -0.25) is 0 Å². The van der Waals surface area contributed by atoms with E-state index in [-0.39, 0.29) is 24.3 Å². The predicted octanol–water partition coefficient (Wildman–Crippen LogP) is 3.02. The number of hydrogen-bond acceptors (Lipinski definition) is 9. The van der Waals surface area contributed by atoms with Gasteiger partial charge in [-0.15, -0.1) is 0 Å². The molecule has 0 aliphatic heterocycles. The molecule has 9 nitrogen and oxygen atoms in total. The first kappa shape index (κ1) is 19.1. The third-order valence-corrected chi connectivity index (χ3v) is 4.27. The van der Waals surface area contributed by atoms with Gasteiger partial charge in [0, 0.05) is 5.56 Å². The highest BCUT2D eigenvalue weighted by Gasteiger charge is 2.18. The van der Waals surface area contributed by atoms with E-state index in [0.717, 1.165) is 11.1 Å². The summed E-state index contributed by atoms with van der Waals surface area (Å²) in [6, 6.07) is 14.8. The number of nitrogen functional groups attached to an aromatic ring is 2. The van der Waals surface area contributed by atoms with Gasteiger partial charge in [-0.25, -0.2) is 9.78 Å². The summed E-state index contributed by atoms with van der Waals surface area (Å²) in [6.45, 7) is 1.81. The van der Waals surface area contributed by atoms with Crippen LogP contribution in [0.25, 0.3) is 22.8 Å². The lowest BCUT2D eigenvalue weighted by molar-refractivity contribution is 0.0463. The molecule has 2 aromatic heterocycles. The lowest BCUT2D eigenvalue weighted by Crippen LogP contribution is -2.11. The topological polar surface area (TPSA) is 143 Å². The van der Waals surface area contributed by atoms with Crippen molar-refractivity contribution in [3.63, 3.8) is 0 Å². The molecule has 0 unspecified atom stereocenters. The Morgan fingerprint density at radius 2 is 1.70 bits per heavy atom. The molecule has 0 saturated heterocycles. The zero-order chi connectivity index (χ0) is 21.1. The Labute approximate surface area is 171 Å². The Morgan fingerprint density at radius 1 is 1.00 bits per heavy atom. The maximum atomic E-state index is 12.7. The molecule has 30 heavy (non-hydrogen) atoms. The number of esters is 1. The smallest absolute Gasteiger partial charge is 0.339 e. The first-order chi connectivity index (χ1) is 14.5. The number of carbonyl (C=O) groups excluding carboxylic acids is 1. The van der Waals surface area contributed by atoms with Gasteiger partial charge >= 0.3 is 5.97 Å². The Kier molecular flexibility index (Phi) is 5.08. The summed E-state index contributed by atoms with van der Waals surface area (Å²) >= 11 is 0. The predicted molar refractivity (Wildman–Crippen MR) is 110 cm³/mol. The number of benzene rings is 2. The minimum Gasteiger partial charge on any atom is -0.454 e. The van der Waals surface area contributed by atoms with Crippen LogP contribution < -0.4 is 11.5 Å². The van der Waals surface area contributed by atoms with Crippen molar-refractivity contribution < 1.29 is 13.9 Å². The van der Waals surface area contributed by atoms with E-state index in [1.165, 1.54) is 0 Å². The highest BCUT2D eigenvalue weighted by Crippen LogP contribution is 2.28. The number of anilines is 2.